The van der Waals surface area contributed by atoms with Gasteiger partial charge in [0.1, 0.15) is 0 Å². The SMILES string of the molecule is CN1C(=O)c2ccc3c4c(N5CC[Se]CC5)cc5c6c(ccc(c7c(N8CC[Se]CC8)cc(c2c37)C1=O)c64)C(=O)N(C)C5=O. The number of carbonyl (C=O) groups excluding carboxylic acids is 4. The summed E-state index contributed by atoms with van der Waals surface area (Å²) in [6.45, 7) is 3.64. The van der Waals surface area contributed by atoms with Crippen molar-refractivity contribution in [1.29, 1.82) is 0 Å². The Bertz CT molecular complexity index is 2010. The topological polar surface area (TPSA) is 81.2 Å². The third-order valence-electron chi connectivity index (χ3n) is 9.91. The summed E-state index contributed by atoms with van der Waals surface area (Å²) in [7, 11) is 3.13. The summed E-state index contributed by atoms with van der Waals surface area (Å²) in [5, 5.41) is 11.8. The zero-order chi connectivity index (χ0) is 30.0. The van der Waals surface area contributed by atoms with Gasteiger partial charge in [-0.2, -0.15) is 0 Å². The van der Waals surface area contributed by atoms with E-state index in [0.717, 1.165) is 102 Å². The van der Waals surface area contributed by atoms with E-state index in [4.69, 9.17) is 0 Å². The summed E-state index contributed by atoms with van der Waals surface area (Å²) in [6, 6.07) is 11.8. The fraction of sp³-hybridized carbons (Fsp3) is 0.294. The molecule has 0 spiro atoms. The zero-order valence-electron chi connectivity index (χ0n) is 24.4. The molecular formula is C34H28N4O4Se2. The van der Waals surface area contributed by atoms with Crippen LogP contribution in [-0.4, -0.2) is 104 Å². The van der Waals surface area contributed by atoms with Crippen molar-refractivity contribution in [3.63, 3.8) is 0 Å². The van der Waals surface area contributed by atoms with Crippen LogP contribution in [0.25, 0.3) is 43.1 Å². The third kappa shape index (κ3) is 3.34. The molecular weight excluding hydrogens is 686 g/mol. The zero-order valence-corrected chi connectivity index (χ0v) is 27.8. The first-order valence-corrected chi connectivity index (χ1v) is 19.8. The van der Waals surface area contributed by atoms with Gasteiger partial charge >= 0.3 is 267 Å². The molecule has 0 aliphatic carbocycles. The van der Waals surface area contributed by atoms with Crippen LogP contribution in [0.5, 0.6) is 0 Å². The van der Waals surface area contributed by atoms with Crippen molar-refractivity contribution >= 4 is 108 Å². The number of rotatable bonds is 2. The average molecular weight is 715 g/mol. The van der Waals surface area contributed by atoms with Gasteiger partial charge in [0.2, 0.25) is 0 Å². The molecule has 5 aromatic carbocycles. The van der Waals surface area contributed by atoms with E-state index in [1.807, 2.05) is 36.4 Å². The van der Waals surface area contributed by atoms with Crippen molar-refractivity contribution in [2.75, 3.05) is 50.1 Å². The van der Waals surface area contributed by atoms with Crippen LogP contribution < -0.4 is 9.80 Å². The molecule has 2 saturated heterocycles. The van der Waals surface area contributed by atoms with Crippen molar-refractivity contribution in [1.82, 2.24) is 9.80 Å². The molecule has 220 valence electrons. The van der Waals surface area contributed by atoms with Gasteiger partial charge in [0.25, 0.3) is 0 Å². The summed E-state index contributed by atoms with van der Waals surface area (Å²) in [5.74, 6) is -1.13. The second kappa shape index (κ2) is 9.41. The van der Waals surface area contributed by atoms with E-state index < -0.39 is 0 Å². The number of anilines is 2. The summed E-state index contributed by atoms with van der Waals surface area (Å²) in [4.78, 5) is 61.9. The van der Waals surface area contributed by atoms with E-state index in [-0.39, 0.29) is 23.6 Å². The Morgan fingerprint density at radius 3 is 1.23 bits per heavy atom. The fourth-order valence-corrected chi connectivity index (χ4v) is 11.6. The minimum atomic E-state index is -0.290. The summed E-state index contributed by atoms with van der Waals surface area (Å²) in [6.07, 6.45) is 0. The van der Waals surface area contributed by atoms with E-state index in [1.54, 1.807) is 14.1 Å². The van der Waals surface area contributed by atoms with Crippen LogP contribution in [-0.2, 0) is 0 Å². The van der Waals surface area contributed by atoms with Gasteiger partial charge in [-0.15, -0.1) is 0 Å². The molecule has 5 aromatic rings. The van der Waals surface area contributed by atoms with Crippen LogP contribution >= 0.6 is 0 Å². The molecule has 0 atom stereocenters. The van der Waals surface area contributed by atoms with Gasteiger partial charge in [-0.1, -0.05) is 0 Å². The molecule has 4 heterocycles. The van der Waals surface area contributed by atoms with Gasteiger partial charge in [-0.3, -0.25) is 0 Å². The maximum atomic E-state index is 13.8. The predicted molar refractivity (Wildman–Crippen MR) is 176 cm³/mol. The molecule has 9 rings (SSSR count). The van der Waals surface area contributed by atoms with E-state index >= 15 is 0 Å². The van der Waals surface area contributed by atoms with E-state index in [1.165, 1.54) is 9.80 Å². The molecule has 0 N–H and O–H groups in total. The normalized spacial score (nSPS) is 19.1. The molecule has 2 fully saturated rings. The molecule has 0 unspecified atom stereocenters. The Morgan fingerprint density at radius 2 is 0.841 bits per heavy atom. The Balaban J connectivity index is 1.55. The van der Waals surface area contributed by atoms with Crippen molar-refractivity contribution in [3.05, 3.63) is 58.7 Å². The van der Waals surface area contributed by atoms with Crippen LogP contribution in [0.2, 0.25) is 21.3 Å². The molecule has 10 heteroatoms. The predicted octanol–water partition coefficient (Wildman–Crippen LogP) is 4.91. The second-order valence-corrected chi connectivity index (χ2v) is 17.1. The number of hydrogen-bond donors (Lipinski definition) is 0. The van der Waals surface area contributed by atoms with Gasteiger partial charge < -0.3 is 0 Å². The standard InChI is InChI=1S/C34H28N4O4Se2/c1-35-31(39)19-5-3-17-28-24(38-9-13-44-14-10-38)16-22-26-20(32(40)36(2)34(22)42)6-4-18(30(26)28)27-23(37-7-11-43-12-8-37)15-21(33(35)41)25(19)29(17)27/h3-6,15-16H,7-14H2,1-2H3. The van der Waals surface area contributed by atoms with Crippen LogP contribution in [0, 0.1) is 0 Å². The first kappa shape index (κ1) is 26.7. The minimum absolute atomic E-state index is 0.276. The first-order valence-electron chi connectivity index (χ1n) is 14.9. The molecule has 8 nitrogen and oxygen atoms in total. The summed E-state index contributed by atoms with van der Waals surface area (Å²) in [5.41, 5.74) is 4.21. The number of imide groups is 2. The Hall–Kier alpha value is -3.68. The van der Waals surface area contributed by atoms with E-state index in [2.05, 4.69) is 9.80 Å². The van der Waals surface area contributed by atoms with Gasteiger partial charge in [-0.25, -0.2) is 0 Å². The number of fused-ring (bicyclic) bond motifs is 2. The number of nitrogens with zero attached hydrogens (tertiary/aromatic N) is 4. The number of hydrogen-bond acceptors (Lipinski definition) is 6. The summed E-state index contributed by atoms with van der Waals surface area (Å²) >= 11 is 1.20. The molecule has 44 heavy (non-hydrogen) atoms. The van der Waals surface area contributed by atoms with Crippen molar-refractivity contribution < 1.29 is 19.2 Å². The van der Waals surface area contributed by atoms with Crippen LogP contribution in [0.1, 0.15) is 41.4 Å². The monoisotopic (exact) mass is 716 g/mol. The number of amides is 4. The fourth-order valence-electron chi connectivity index (χ4n) is 7.77. The van der Waals surface area contributed by atoms with Gasteiger partial charge in [0.05, 0.1) is 0 Å². The van der Waals surface area contributed by atoms with Gasteiger partial charge in [-0.05, 0) is 0 Å². The van der Waals surface area contributed by atoms with Crippen molar-refractivity contribution in [2.45, 2.75) is 21.3 Å². The third-order valence-corrected chi connectivity index (χ3v) is 13.9. The quantitative estimate of drug-likeness (QED) is 0.112. The van der Waals surface area contributed by atoms with Crippen molar-refractivity contribution in [2.24, 2.45) is 0 Å². The van der Waals surface area contributed by atoms with Crippen LogP contribution in [0.4, 0.5) is 11.4 Å². The number of benzene rings is 5. The van der Waals surface area contributed by atoms with Crippen LogP contribution in [0.15, 0.2) is 36.4 Å². The van der Waals surface area contributed by atoms with E-state index in [9.17, 15) is 19.2 Å². The molecule has 0 saturated carbocycles. The summed E-state index contributed by atoms with van der Waals surface area (Å²) < 4.78 is 0. The Kier molecular flexibility index (Phi) is 5.71. The Morgan fingerprint density at radius 1 is 0.477 bits per heavy atom. The van der Waals surface area contributed by atoms with Gasteiger partial charge in [0, 0.05) is 0 Å². The molecule has 0 aromatic heterocycles. The molecule has 0 radical (unpaired) electrons. The second-order valence-electron chi connectivity index (χ2n) is 12.0. The molecule has 4 aliphatic heterocycles. The van der Waals surface area contributed by atoms with Crippen LogP contribution in [0.3, 0.4) is 0 Å². The maximum absolute atomic E-state index is 13.8. The molecule has 4 amide bonds. The first-order chi connectivity index (χ1) is 21.4. The van der Waals surface area contributed by atoms with Crippen molar-refractivity contribution in [3.8, 4) is 0 Å². The Labute approximate surface area is 265 Å². The van der Waals surface area contributed by atoms with Gasteiger partial charge in [0.15, 0.2) is 0 Å². The molecule has 4 aliphatic rings. The van der Waals surface area contributed by atoms with E-state index in [0.29, 0.717) is 52.2 Å². The average Bonchev–Trinajstić information content (AvgIpc) is 3.07. The molecule has 0 bridgehead atoms. The number of carbonyl (C=O) groups is 4.